The zero-order valence-electron chi connectivity index (χ0n) is 11.7. The molecule has 0 aliphatic heterocycles. The van der Waals surface area contributed by atoms with Gasteiger partial charge in [0.15, 0.2) is 0 Å². The fraction of sp³-hybridized carbons (Fsp3) is 0.571. The average Bonchev–Trinajstić information content (AvgIpc) is 2.70. The quantitative estimate of drug-likeness (QED) is 0.787. The highest BCUT2D eigenvalue weighted by Crippen LogP contribution is 2.06. The first-order valence-corrected chi connectivity index (χ1v) is 6.44. The third-order valence-electron chi connectivity index (χ3n) is 2.72. The maximum Gasteiger partial charge on any atom is 0.244 e. The molecule has 4 nitrogen and oxygen atoms in total. The molecule has 0 radical (unpaired) electrons. The number of hydrogen-bond acceptors (Lipinski definition) is 2. The number of nitrogens with one attached hydrogen (secondary N) is 1. The van der Waals surface area contributed by atoms with Gasteiger partial charge >= 0.3 is 0 Å². The van der Waals surface area contributed by atoms with Crippen LogP contribution in [0.15, 0.2) is 18.5 Å². The molecular formula is C14H23N3O. The van der Waals surface area contributed by atoms with E-state index in [1.807, 2.05) is 20.2 Å². The number of nitrogens with zero attached hydrogens (tertiary/aromatic N) is 2. The third-order valence-corrected chi connectivity index (χ3v) is 2.72. The standard InChI is InChI=1S/C14H23N3O/c1-11(2)5-6-12(3)16-14(18)8-7-13-9-15-17(4)10-13/h7-12H,5-6H2,1-4H3,(H,16,18). The van der Waals surface area contributed by atoms with Crippen molar-refractivity contribution in [2.75, 3.05) is 0 Å². The molecule has 0 fully saturated rings. The number of rotatable bonds is 6. The van der Waals surface area contributed by atoms with Gasteiger partial charge in [0.05, 0.1) is 6.20 Å². The Morgan fingerprint density at radius 2 is 2.17 bits per heavy atom. The Morgan fingerprint density at radius 3 is 2.72 bits per heavy atom. The van der Waals surface area contributed by atoms with E-state index in [9.17, 15) is 4.79 Å². The Bertz CT molecular complexity index is 407. The van der Waals surface area contributed by atoms with Gasteiger partial charge in [0, 0.05) is 30.9 Å². The van der Waals surface area contributed by atoms with Crippen molar-refractivity contribution in [1.82, 2.24) is 15.1 Å². The SMILES string of the molecule is CC(C)CCC(C)NC(=O)C=Cc1cnn(C)c1. The van der Waals surface area contributed by atoms with Crippen molar-refractivity contribution in [3.05, 3.63) is 24.0 Å². The van der Waals surface area contributed by atoms with E-state index in [-0.39, 0.29) is 11.9 Å². The predicted molar refractivity (Wildman–Crippen MR) is 73.9 cm³/mol. The second-order valence-corrected chi connectivity index (χ2v) is 5.16. The molecule has 1 aromatic rings. The summed E-state index contributed by atoms with van der Waals surface area (Å²) in [6.45, 7) is 6.42. The van der Waals surface area contributed by atoms with Gasteiger partial charge in [-0.2, -0.15) is 5.10 Å². The molecule has 1 amide bonds. The van der Waals surface area contributed by atoms with Gasteiger partial charge in [-0.1, -0.05) is 13.8 Å². The smallest absolute Gasteiger partial charge is 0.244 e. The van der Waals surface area contributed by atoms with Gasteiger partial charge in [0.2, 0.25) is 5.91 Å². The molecule has 0 spiro atoms. The molecule has 1 unspecified atom stereocenters. The van der Waals surface area contributed by atoms with Crippen molar-refractivity contribution in [2.45, 2.75) is 39.7 Å². The van der Waals surface area contributed by atoms with Crippen molar-refractivity contribution >= 4 is 12.0 Å². The first kappa shape index (κ1) is 14.5. The van der Waals surface area contributed by atoms with Crippen molar-refractivity contribution < 1.29 is 4.79 Å². The molecule has 1 heterocycles. The van der Waals surface area contributed by atoms with Crippen LogP contribution < -0.4 is 5.32 Å². The molecule has 1 atom stereocenters. The molecule has 1 N–H and O–H groups in total. The number of hydrogen-bond donors (Lipinski definition) is 1. The summed E-state index contributed by atoms with van der Waals surface area (Å²) in [5, 5.41) is 7.00. The van der Waals surface area contributed by atoms with Gasteiger partial charge in [-0.25, -0.2) is 0 Å². The Labute approximate surface area is 109 Å². The second-order valence-electron chi connectivity index (χ2n) is 5.16. The maximum atomic E-state index is 11.7. The third kappa shape index (κ3) is 5.66. The molecule has 0 saturated heterocycles. The predicted octanol–water partition coefficient (Wildman–Crippen LogP) is 2.37. The van der Waals surface area contributed by atoms with Crippen molar-refractivity contribution in [3.8, 4) is 0 Å². The highest BCUT2D eigenvalue weighted by molar-refractivity contribution is 5.91. The molecule has 0 aromatic carbocycles. The van der Waals surface area contributed by atoms with Crippen LogP contribution in [-0.4, -0.2) is 21.7 Å². The van der Waals surface area contributed by atoms with E-state index in [0.717, 1.165) is 18.4 Å². The van der Waals surface area contributed by atoms with Gasteiger partial charge in [-0.3, -0.25) is 9.48 Å². The highest BCUT2D eigenvalue weighted by Gasteiger charge is 2.05. The first-order chi connectivity index (χ1) is 8.47. The molecule has 100 valence electrons. The number of amides is 1. The first-order valence-electron chi connectivity index (χ1n) is 6.44. The maximum absolute atomic E-state index is 11.7. The minimum absolute atomic E-state index is 0.0462. The minimum Gasteiger partial charge on any atom is -0.350 e. The van der Waals surface area contributed by atoms with E-state index in [4.69, 9.17) is 0 Å². The summed E-state index contributed by atoms with van der Waals surface area (Å²) in [7, 11) is 1.85. The summed E-state index contributed by atoms with van der Waals surface area (Å²) < 4.78 is 1.71. The summed E-state index contributed by atoms with van der Waals surface area (Å²) in [5.74, 6) is 0.630. The van der Waals surface area contributed by atoms with E-state index in [2.05, 4.69) is 24.3 Å². The van der Waals surface area contributed by atoms with E-state index in [1.165, 1.54) is 0 Å². The van der Waals surface area contributed by atoms with Crippen LogP contribution in [0.4, 0.5) is 0 Å². The molecule has 0 aliphatic carbocycles. The Hall–Kier alpha value is -1.58. The lowest BCUT2D eigenvalue weighted by Gasteiger charge is -2.13. The van der Waals surface area contributed by atoms with Crippen LogP contribution in [0.3, 0.4) is 0 Å². The van der Waals surface area contributed by atoms with Crippen LogP contribution in [0.2, 0.25) is 0 Å². The summed E-state index contributed by atoms with van der Waals surface area (Å²) in [6, 6.07) is 0.221. The van der Waals surface area contributed by atoms with E-state index >= 15 is 0 Å². The lowest BCUT2D eigenvalue weighted by Crippen LogP contribution is -2.31. The Morgan fingerprint density at radius 1 is 1.44 bits per heavy atom. The molecular weight excluding hydrogens is 226 g/mol. The molecule has 18 heavy (non-hydrogen) atoms. The van der Waals surface area contributed by atoms with Crippen molar-refractivity contribution in [2.24, 2.45) is 13.0 Å². The van der Waals surface area contributed by atoms with Crippen molar-refractivity contribution in [3.63, 3.8) is 0 Å². The van der Waals surface area contributed by atoms with Gasteiger partial charge in [-0.05, 0) is 31.8 Å². The van der Waals surface area contributed by atoms with Crippen LogP contribution in [0.1, 0.15) is 39.2 Å². The van der Waals surface area contributed by atoms with Gasteiger partial charge in [-0.15, -0.1) is 0 Å². The second kappa shape index (κ2) is 6.99. The van der Waals surface area contributed by atoms with E-state index in [0.29, 0.717) is 5.92 Å². The molecule has 1 rings (SSSR count). The fourth-order valence-electron chi connectivity index (χ4n) is 1.64. The number of aromatic nitrogens is 2. The Kier molecular flexibility index (Phi) is 5.62. The number of carbonyl (C=O) groups excluding carboxylic acids is 1. The Balaban J connectivity index is 2.34. The monoisotopic (exact) mass is 249 g/mol. The van der Waals surface area contributed by atoms with Crippen molar-refractivity contribution in [1.29, 1.82) is 0 Å². The molecule has 0 saturated carbocycles. The highest BCUT2D eigenvalue weighted by atomic mass is 16.1. The minimum atomic E-state index is -0.0462. The number of aryl methyl sites for hydroxylation is 1. The van der Waals surface area contributed by atoms with Gasteiger partial charge in [0.25, 0.3) is 0 Å². The van der Waals surface area contributed by atoms with E-state index in [1.54, 1.807) is 23.0 Å². The normalized spacial score (nSPS) is 13.2. The van der Waals surface area contributed by atoms with Crippen LogP contribution in [-0.2, 0) is 11.8 Å². The average molecular weight is 249 g/mol. The molecule has 0 bridgehead atoms. The molecule has 1 aromatic heterocycles. The zero-order chi connectivity index (χ0) is 13.5. The molecule has 0 aliphatic rings. The zero-order valence-corrected chi connectivity index (χ0v) is 11.7. The van der Waals surface area contributed by atoms with Crippen LogP contribution in [0, 0.1) is 5.92 Å². The summed E-state index contributed by atoms with van der Waals surface area (Å²) in [5.41, 5.74) is 0.933. The topological polar surface area (TPSA) is 46.9 Å². The largest absolute Gasteiger partial charge is 0.350 e. The molecule has 4 heteroatoms. The summed E-state index contributed by atoms with van der Waals surface area (Å²) in [6.07, 6.45) is 9.08. The van der Waals surface area contributed by atoms with E-state index < -0.39 is 0 Å². The lowest BCUT2D eigenvalue weighted by atomic mass is 10.0. The number of carbonyl (C=O) groups is 1. The van der Waals surface area contributed by atoms with Crippen LogP contribution >= 0.6 is 0 Å². The fourth-order valence-corrected chi connectivity index (χ4v) is 1.64. The van der Waals surface area contributed by atoms with Gasteiger partial charge in [0.1, 0.15) is 0 Å². The van der Waals surface area contributed by atoms with Crippen LogP contribution in [0.5, 0.6) is 0 Å². The van der Waals surface area contributed by atoms with Crippen LogP contribution in [0.25, 0.3) is 6.08 Å². The lowest BCUT2D eigenvalue weighted by molar-refractivity contribution is -0.117. The van der Waals surface area contributed by atoms with Gasteiger partial charge < -0.3 is 5.32 Å². The summed E-state index contributed by atoms with van der Waals surface area (Å²) >= 11 is 0. The summed E-state index contributed by atoms with van der Waals surface area (Å²) in [4.78, 5) is 11.7.